The van der Waals surface area contributed by atoms with Gasteiger partial charge in [0.15, 0.2) is 5.69 Å². The number of carbonyl (C=O) groups is 2. The van der Waals surface area contributed by atoms with E-state index in [1.54, 1.807) is 0 Å². The van der Waals surface area contributed by atoms with Crippen molar-refractivity contribution in [2.75, 3.05) is 6.54 Å². The van der Waals surface area contributed by atoms with E-state index in [1.165, 1.54) is 6.92 Å². The summed E-state index contributed by atoms with van der Waals surface area (Å²) in [5.41, 5.74) is -2.17. The van der Waals surface area contributed by atoms with Crippen molar-refractivity contribution < 1.29 is 32.3 Å². The molecular weight excluding hydrogens is 346 g/mol. The maximum Gasteiger partial charge on any atom is 0.434 e. The molecule has 0 aliphatic carbocycles. The summed E-state index contributed by atoms with van der Waals surface area (Å²) < 4.78 is 53.6. The van der Waals surface area contributed by atoms with Crippen molar-refractivity contribution in [3.63, 3.8) is 0 Å². The largest absolute Gasteiger partial charge is 0.481 e. The van der Waals surface area contributed by atoms with Crippen LogP contribution >= 0.6 is 0 Å². The first-order valence-electron chi connectivity index (χ1n) is 7.03. The Hall–Kier alpha value is -2.91. The van der Waals surface area contributed by atoms with Crippen molar-refractivity contribution in [2.24, 2.45) is 5.92 Å². The van der Waals surface area contributed by atoms with Crippen molar-refractivity contribution >= 4 is 11.9 Å². The molecule has 0 saturated carbocycles. The van der Waals surface area contributed by atoms with Gasteiger partial charge >= 0.3 is 12.1 Å². The second-order valence-electron chi connectivity index (χ2n) is 5.24. The molecule has 0 spiro atoms. The number of aromatic nitrogens is 2. The monoisotopic (exact) mass is 359 g/mol. The minimum absolute atomic E-state index is 0.0771. The summed E-state index contributed by atoms with van der Waals surface area (Å²) in [5, 5.41) is 14.4. The fourth-order valence-corrected chi connectivity index (χ4v) is 1.99. The van der Waals surface area contributed by atoms with Gasteiger partial charge in [-0.1, -0.05) is 6.92 Å². The summed E-state index contributed by atoms with van der Waals surface area (Å²) in [5.74, 6) is -3.90. The molecule has 1 amide bonds. The fraction of sp³-hybridized carbons (Fsp3) is 0.267. The third-order valence-corrected chi connectivity index (χ3v) is 3.34. The van der Waals surface area contributed by atoms with Crippen LogP contribution in [0.4, 0.5) is 17.6 Å². The predicted molar refractivity (Wildman–Crippen MR) is 77.7 cm³/mol. The van der Waals surface area contributed by atoms with E-state index in [0.717, 1.165) is 30.5 Å². The summed E-state index contributed by atoms with van der Waals surface area (Å²) in [7, 11) is 0. The van der Waals surface area contributed by atoms with Gasteiger partial charge in [0.2, 0.25) is 0 Å². The first-order valence-corrected chi connectivity index (χ1v) is 7.03. The van der Waals surface area contributed by atoms with E-state index in [0.29, 0.717) is 4.68 Å². The number of hydrogen-bond donors (Lipinski definition) is 2. The zero-order valence-electron chi connectivity index (χ0n) is 12.8. The van der Waals surface area contributed by atoms with Crippen molar-refractivity contribution in [1.29, 1.82) is 0 Å². The number of carboxylic acid groups (broad SMARTS) is 1. The number of rotatable bonds is 5. The van der Waals surface area contributed by atoms with E-state index >= 15 is 0 Å². The number of nitrogens with one attached hydrogen (secondary N) is 1. The first-order chi connectivity index (χ1) is 11.6. The lowest BCUT2D eigenvalue weighted by atomic mass is 10.1. The minimum Gasteiger partial charge on any atom is -0.481 e. The molecule has 0 aliphatic rings. The number of hydrogen-bond acceptors (Lipinski definition) is 3. The SMILES string of the molecule is CC(CNC(=O)c1cnn(-c2ccc(F)cc2)c1C(F)(F)F)C(=O)O. The van der Waals surface area contributed by atoms with E-state index in [-0.39, 0.29) is 12.2 Å². The molecule has 0 bridgehead atoms. The molecule has 0 saturated heterocycles. The van der Waals surface area contributed by atoms with Crippen LogP contribution < -0.4 is 5.32 Å². The molecule has 134 valence electrons. The quantitative estimate of drug-likeness (QED) is 0.804. The second kappa shape index (κ2) is 6.91. The maximum atomic E-state index is 13.4. The number of nitrogens with zero attached hydrogens (tertiary/aromatic N) is 2. The molecule has 0 aliphatic heterocycles. The van der Waals surface area contributed by atoms with Crippen molar-refractivity contribution in [3.05, 3.63) is 47.5 Å². The number of amides is 1. The fourth-order valence-electron chi connectivity index (χ4n) is 1.99. The normalized spacial score (nSPS) is 12.7. The van der Waals surface area contributed by atoms with Gasteiger partial charge in [-0.05, 0) is 24.3 Å². The Morgan fingerprint density at radius 3 is 2.40 bits per heavy atom. The molecule has 1 aromatic heterocycles. The number of benzene rings is 1. The summed E-state index contributed by atoms with van der Waals surface area (Å²) in [6, 6.07) is 4.11. The number of aliphatic carboxylic acids is 1. The molecule has 1 heterocycles. The molecule has 0 radical (unpaired) electrons. The first kappa shape index (κ1) is 18.4. The van der Waals surface area contributed by atoms with E-state index in [9.17, 15) is 27.2 Å². The molecular formula is C15H13F4N3O3. The summed E-state index contributed by atoms with van der Waals surface area (Å²) in [6.07, 6.45) is -4.18. The molecule has 2 N–H and O–H groups in total. The van der Waals surface area contributed by atoms with Crippen molar-refractivity contribution in [3.8, 4) is 5.69 Å². The highest BCUT2D eigenvalue weighted by atomic mass is 19.4. The Morgan fingerprint density at radius 1 is 1.28 bits per heavy atom. The van der Waals surface area contributed by atoms with Crippen LogP contribution in [0.25, 0.3) is 5.69 Å². The molecule has 10 heteroatoms. The lowest BCUT2D eigenvalue weighted by molar-refractivity contribution is -0.143. The number of carbonyl (C=O) groups excluding carboxylic acids is 1. The topological polar surface area (TPSA) is 84.2 Å². The molecule has 2 aromatic rings. The highest BCUT2D eigenvalue weighted by Gasteiger charge is 2.40. The molecule has 1 atom stereocenters. The molecule has 25 heavy (non-hydrogen) atoms. The van der Waals surface area contributed by atoms with E-state index in [2.05, 4.69) is 10.4 Å². The van der Waals surface area contributed by atoms with Crippen LogP contribution in [0.15, 0.2) is 30.5 Å². The Labute approximate surface area is 139 Å². The third-order valence-electron chi connectivity index (χ3n) is 3.34. The van der Waals surface area contributed by atoms with Gasteiger partial charge in [0.25, 0.3) is 5.91 Å². The van der Waals surface area contributed by atoms with Gasteiger partial charge in [0, 0.05) is 6.54 Å². The number of carboxylic acids is 1. The van der Waals surface area contributed by atoms with Crippen LogP contribution in [-0.2, 0) is 11.0 Å². The lowest BCUT2D eigenvalue weighted by Crippen LogP contribution is -2.32. The molecule has 1 aromatic carbocycles. The second-order valence-corrected chi connectivity index (χ2v) is 5.24. The Kier molecular flexibility index (Phi) is 5.10. The van der Waals surface area contributed by atoms with Gasteiger partial charge in [0.05, 0.1) is 23.4 Å². The van der Waals surface area contributed by atoms with Gasteiger partial charge in [-0.25, -0.2) is 9.07 Å². The summed E-state index contributed by atoms with van der Waals surface area (Å²) in [6.45, 7) is 0.961. The molecule has 0 fully saturated rings. The molecule has 1 unspecified atom stereocenters. The van der Waals surface area contributed by atoms with Crippen molar-refractivity contribution in [2.45, 2.75) is 13.1 Å². The highest BCUT2D eigenvalue weighted by molar-refractivity contribution is 5.95. The van der Waals surface area contributed by atoms with Gasteiger partial charge in [-0.2, -0.15) is 18.3 Å². The minimum atomic E-state index is -4.91. The van der Waals surface area contributed by atoms with Crippen molar-refractivity contribution in [1.82, 2.24) is 15.1 Å². The van der Waals surface area contributed by atoms with Crippen LogP contribution in [0.1, 0.15) is 23.0 Å². The Balaban J connectivity index is 2.38. The Morgan fingerprint density at radius 2 is 1.88 bits per heavy atom. The Bertz CT molecular complexity index is 784. The average Bonchev–Trinajstić information content (AvgIpc) is 2.98. The summed E-state index contributed by atoms with van der Waals surface area (Å²) >= 11 is 0. The number of alkyl halides is 3. The van der Waals surface area contributed by atoms with E-state index < -0.39 is 41.0 Å². The van der Waals surface area contributed by atoms with Gasteiger partial charge in [-0.15, -0.1) is 0 Å². The van der Waals surface area contributed by atoms with Gasteiger partial charge in [-0.3, -0.25) is 9.59 Å². The predicted octanol–water partition coefficient (Wildman–Crippen LogP) is 2.48. The van der Waals surface area contributed by atoms with Crippen LogP contribution in [0.2, 0.25) is 0 Å². The van der Waals surface area contributed by atoms with Crippen LogP contribution in [0.3, 0.4) is 0 Å². The zero-order chi connectivity index (χ0) is 18.8. The molecule has 2 rings (SSSR count). The summed E-state index contributed by atoms with van der Waals surface area (Å²) in [4.78, 5) is 22.7. The van der Waals surface area contributed by atoms with Crippen LogP contribution in [0, 0.1) is 11.7 Å². The van der Waals surface area contributed by atoms with E-state index in [1.807, 2.05) is 0 Å². The third kappa shape index (κ3) is 4.14. The van der Waals surface area contributed by atoms with Gasteiger partial charge < -0.3 is 10.4 Å². The average molecular weight is 359 g/mol. The lowest BCUT2D eigenvalue weighted by Gasteiger charge is -2.13. The maximum absolute atomic E-state index is 13.4. The number of halogens is 4. The van der Waals surface area contributed by atoms with Gasteiger partial charge in [0.1, 0.15) is 5.82 Å². The van der Waals surface area contributed by atoms with Crippen LogP contribution in [-0.4, -0.2) is 33.3 Å². The standard InChI is InChI=1S/C15H13F4N3O3/c1-8(14(24)25)6-20-13(23)11-7-21-22(12(11)15(17,18)19)10-4-2-9(16)3-5-10/h2-5,7-8H,6H2,1H3,(H,20,23)(H,24,25). The van der Waals surface area contributed by atoms with E-state index in [4.69, 9.17) is 5.11 Å². The van der Waals surface area contributed by atoms with Crippen LogP contribution in [0.5, 0.6) is 0 Å². The zero-order valence-corrected chi connectivity index (χ0v) is 12.8. The highest BCUT2D eigenvalue weighted by Crippen LogP contribution is 2.33. The molecule has 6 nitrogen and oxygen atoms in total. The smallest absolute Gasteiger partial charge is 0.434 e.